The van der Waals surface area contributed by atoms with Gasteiger partial charge in [-0.25, -0.2) is 0 Å². The minimum atomic E-state index is -2.44. The van der Waals surface area contributed by atoms with Crippen LogP contribution in [0.2, 0.25) is 13.1 Å². The van der Waals surface area contributed by atoms with Crippen molar-refractivity contribution in [3.8, 4) is 0 Å². The molecule has 0 bridgehead atoms. The lowest BCUT2D eigenvalue weighted by Crippen LogP contribution is -2.47. The summed E-state index contributed by atoms with van der Waals surface area (Å²) in [7, 11) is 0.234. The van der Waals surface area contributed by atoms with Crippen molar-refractivity contribution in [2.24, 2.45) is 0 Å². The van der Waals surface area contributed by atoms with Gasteiger partial charge in [0, 0.05) is 49.7 Å². The summed E-state index contributed by atoms with van der Waals surface area (Å²) in [5, 5.41) is 0. The molecule has 0 radical (unpaired) electrons. The van der Waals surface area contributed by atoms with E-state index >= 15 is 0 Å². The van der Waals surface area contributed by atoms with Gasteiger partial charge in [-0.05, 0) is 99.1 Å². The fraction of sp³-hybridized carbons (Fsp3) is 1.00. The van der Waals surface area contributed by atoms with Gasteiger partial charge in [-0.3, -0.25) is 0 Å². The van der Waals surface area contributed by atoms with Crippen LogP contribution in [0, 0.1) is 0 Å². The first-order chi connectivity index (χ1) is 20.5. The first-order valence-corrected chi connectivity index (χ1v) is 24.7. The van der Waals surface area contributed by atoms with Crippen LogP contribution in [0.4, 0.5) is 0 Å². The molecule has 0 fully saturated rings. The molecular formula is C35H98O6P2S2Si2. The molecule has 0 atom stereocenters. The lowest BCUT2D eigenvalue weighted by Gasteiger charge is -2.31. The average Bonchev–Trinajstić information content (AvgIpc) is 2.95. The van der Waals surface area contributed by atoms with Gasteiger partial charge in [0.25, 0.3) is 0 Å². The third-order valence-corrected chi connectivity index (χ3v) is 8.10. The molecule has 47 heavy (non-hydrogen) atoms. The van der Waals surface area contributed by atoms with Crippen molar-refractivity contribution in [1.29, 1.82) is 0 Å². The van der Waals surface area contributed by atoms with Crippen LogP contribution in [0.3, 0.4) is 0 Å². The monoisotopic (exact) mass is 797 g/mol. The molecule has 0 unspecified atom stereocenters. The van der Waals surface area contributed by atoms with Crippen molar-refractivity contribution in [3.63, 3.8) is 0 Å². The lowest BCUT2D eigenvalue weighted by molar-refractivity contribution is 0.00763. The number of hydrogen-bond acceptors (Lipinski definition) is 8. The molecule has 0 saturated heterocycles. The molecule has 0 spiro atoms. The summed E-state index contributed by atoms with van der Waals surface area (Å²) in [4.78, 5) is 0. The summed E-state index contributed by atoms with van der Waals surface area (Å²) in [5.41, 5.74) is 0. The molecule has 6 nitrogen and oxygen atoms in total. The van der Waals surface area contributed by atoms with E-state index in [2.05, 4.69) is 39.6 Å². The molecule has 0 aromatic carbocycles. The molecule has 0 N–H and O–H groups in total. The van der Waals surface area contributed by atoms with E-state index < -0.39 is 17.6 Å². The van der Waals surface area contributed by atoms with Crippen molar-refractivity contribution in [2.45, 2.75) is 238 Å². The fourth-order valence-electron chi connectivity index (χ4n) is 2.74. The highest BCUT2D eigenvalue weighted by atomic mass is 32.4. The molecule has 0 aromatic rings. The Morgan fingerprint density at radius 2 is 0.362 bits per heavy atom. The van der Waals surface area contributed by atoms with Crippen LogP contribution in [-0.2, 0) is 50.2 Å². The smallest absolute Gasteiger partial charge is 0.371 e. The first kappa shape index (κ1) is 86.7. The van der Waals surface area contributed by atoms with Crippen molar-refractivity contribution >= 4 is 57.3 Å². The minimum absolute atomic E-state index is 0. The predicted molar refractivity (Wildman–Crippen MR) is 240 cm³/mol. The highest BCUT2D eigenvalue weighted by molar-refractivity contribution is 7.89. The van der Waals surface area contributed by atoms with Crippen molar-refractivity contribution in [2.75, 3.05) is 0 Å². The summed E-state index contributed by atoms with van der Waals surface area (Å²) in [6.45, 7) is 51.9. The van der Waals surface area contributed by atoms with Gasteiger partial charge in [0.15, 0.2) is 0 Å². The molecular weight excluding hydrogens is 699 g/mol. The standard InChI is InChI=1S/2C10H24O3Si.6C2H6.3CH4.2HPS/c2*1-8(2)11-14(7,12-9(3)4)13-10(5)6;6*1-2;;;;2*1-2/h2*8-10H,1-7H3;6*1-2H3;3*1H4;2*1H. The van der Waals surface area contributed by atoms with E-state index in [0.29, 0.717) is 0 Å². The summed E-state index contributed by atoms with van der Waals surface area (Å²) >= 11 is 7.78. The Morgan fingerprint density at radius 1 is 0.298 bits per heavy atom. The Labute approximate surface area is 320 Å². The zero-order valence-corrected chi connectivity index (χ0v) is 40.4. The largest absolute Gasteiger partial charge is 0.498 e. The maximum Gasteiger partial charge on any atom is 0.498 e. The second-order valence-electron chi connectivity index (χ2n) is 8.72. The van der Waals surface area contributed by atoms with E-state index in [1.807, 2.05) is 179 Å². The van der Waals surface area contributed by atoms with Crippen LogP contribution in [0.1, 0.15) is 188 Å². The molecule has 304 valence electrons. The summed E-state index contributed by atoms with van der Waals surface area (Å²) in [6, 6.07) is 0. The van der Waals surface area contributed by atoms with Gasteiger partial charge in [-0.15, -0.1) is 0 Å². The fourth-order valence-corrected chi connectivity index (χ4v) is 8.21. The van der Waals surface area contributed by atoms with Gasteiger partial charge in [0.2, 0.25) is 0 Å². The summed E-state index contributed by atoms with van der Waals surface area (Å²) < 4.78 is 34.5. The first-order valence-electron chi connectivity index (χ1n) is 17.0. The number of rotatable bonds is 12. The Hall–Kier alpha value is 1.23. The van der Waals surface area contributed by atoms with E-state index in [0.717, 1.165) is 0 Å². The second-order valence-corrected chi connectivity index (χ2v) is 13.6. The Morgan fingerprint density at radius 3 is 0.404 bits per heavy atom. The van der Waals surface area contributed by atoms with Crippen molar-refractivity contribution in [1.82, 2.24) is 0 Å². The predicted octanol–water partition coefficient (Wildman–Crippen LogP) is 14.9. The Kier molecular flexibility index (Phi) is 134. The van der Waals surface area contributed by atoms with Gasteiger partial charge < -0.3 is 26.6 Å². The van der Waals surface area contributed by atoms with Crippen molar-refractivity contribution < 1.29 is 26.6 Å². The minimum Gasteiger partial charge on any atom is -0.371 e. The SMILES string of the molecule is C.C.C.CC.CC.CC.CC.CC.CC.CC(C)O[Si](C)(OC(C)C)OC(C)C.CC(C)O[Si](C)(OC(C)C)OC(C)C.P=S.P=S. The Balaban J connectivity index is -0.0000000298. The Bertz CT molecular complexity index is 352. The zero-order valence-electron chi connectivity index (χ0n) is 34.7. The topological polar surface area (TPSA) is 55.4 Å². The molecule has 0 amide bonds. The van der Waals surface area contributed by atoms with Crippen LogP contribution < -0.4 is 0 Å². The maximum absolute atomic E-state index is 5.75. The van der Waals surface area contributed by atoms with E-state index in [4.69, 9.17) is 26.6 Å². The molecule has 0 aromatic heterocycles. The number of hydrogen-bond donors (Lipinski definition) is 0. The van der Waals surface area contributed by atoms with Gasteiger partial charge >= 0.3 is 17.6 Å². The van der Waals surface area contributed by atoms with Crippen LogP contribution in [0.25, 0.3) is 0 Å². The van der Waals surface area contributed by atoms with E-state index in [1.165, 1.54) is 0 Å². The van der Waals surface area contributed by atoms with Crippen LogP contribution in [0.15, 0.2) is 0 Å². The molecule has 0 saturated carbocycles. The zero-order chi connectivity index (χ0) is 38.7. The van der Waals surface area contributed by atoms with Gasteiger partial charge in [-0.1, -0.05) is 129 Å². The molecule has 0 rings (SSSR count). The molecule has 0 aliphatic rings. The van der Waals surface area contributed by atoms with Crippen LogP contribution in [-0.4, -0.2) is 54.2 Å². The van der Waals surface area contributed by atoms with E-state index in [-0.39, 0.29) is 58.9 Å². The van der Waals surface area contributed by atoms with E-state index in [1.54, 1.807) is 0 Å². The molecule has 0 aliphatic carbocycles. The third kappa shape index (κ3) is 99.1. The highest BCUT2D eigenvalue weighted by Crippen LogP contribution is 2.17. The highest BCUT2D eigenvalue weighted by Gasteiger charge is 2.39. The van der Waals surface area contributed by atoms with Gasteiger partial charge in [0.05, 0.1) is 0 Å². The summed E-state index contributed by atoms with van der Waals surface area (Å²) in [6.07, 6.45) is 0.856. The molecule has 0 aliphatic heterocycles. The maximum atomic E-state index is 5.75. The molecule has 12 heteroatoms. The van der Waals surface area contributed by atoms with Gasteiger partial charge in [-0.2, -0.15) is 0 Å². The third-order valence-electron chi connectivity index (χ3n) is 2.70. The van der Waals surface area contributed by atoms with Crippen LogP contribution >= 0.6 is 16.0 Å². The second kappa shape index (κ2) is 72.8. The van der Waals surface area contributed by atoms with E-state index in [9.17, 15) is 0 Å². The summed E-state index contributed by atoms with van der Waals surface area (Å²) in [5.74, 6) is 0. The van der Waals surface area contributed by atoms with Crippen molar-refractivity contribution in [3.05, 3.63) is 0 Å². The van der Waals surface area contributed by atoms with Crippen LogP contribution in [0.5, 0.6) is 0 Å². The normalized spacial score (nSPS) is 8.85. The average molecular weight is 797 g/mol. The lowest BCUT2D eigenvalue weighted by atomic mass is 10.5. The molecule has 0 heterocycles. The van der Waals surface area contributed by atoms with Gasteiger partial charge in [0.1, 0.15) is 0 Å². The quantitative estimate of drug-likeness (QED) is 0.143.